The van der Waals surface area contributed by atoms with Crippen molar-refractivity contribution in [2.75, 3.05) is 7.11 Å². The summed E-state index contributed by atoms with van der Waals surface area (Å²) in [4.78, 5) is 0.804. The summed E-state index contributed by atoms with van der Waals surface area (Å²) in [6, 6.07) is 13.2. The minimum atomic E-state index is 0.126. The van der Waals surface area contributed by atoms with Crippen LogP contribution in [0.15, 0.2) is 52.7 Å². The molecule has 0 bridgehead atoms. The second kappa shape index (κ2) is 6.26. The van der Waals surface area contributed by atoms with Crippen molar-refractivity contribution in [2.24, 2.45) is 17.3 Å². The van der Waals surface area contributed by atoms with Gasteiger partial charge in [0.15, 0.2) is 0 Å². The number of ether oxygens (including phenoxy) is 1. The maximum atomic E-state index is 10.1. The van der Waals surface area contributed by atoms with E-state index >= 15 is 0 Å². The number of fused-ring (bicyclic) bond motifs is 1. The smallest absolute Gasteiger partial charge is 0.211 e. The molecule has 1 aromatic heterocycles. The topological polar surface area (TPSA) is 59.1 Å². The SMILES string of the molecule is COc1ccc(/C(C)=N/N=c2\sc3ccccc3n2C)c(O)c1. The molecule has 1 heterocycles. The Labute approximate surface area is 137 Å². The number of phenolic OH excluding ortho intramolecular Hbond substituents is 1. The molecule has 0 radical (unpaired) electrons. The molecule has 0 aliphatic heterocycles. The quantitative estimate of drug-likeness (QED) is 0.593. The molecule has 5 nitrogen and oxygen atoms in total. The van der Waals surface area contributed by atoms with Crippen LogP contribution in [0.1, 0.15) is 12.5 Å². The summed E-state index contributed by atoms with van der Waals surface area (Å²) in [7, 11) is 3.53. The normalized spacial score (nSPS) is 12.8. The fourth-order valence-electron chi connectivity index (χ4n) is 2.29. The lowest BCUT2D eigenvalue weighted by Crippen LogP contribution is -2.09. The lowest BCUT2D eigenvalue weighted by Gasteiger charge is -2.05. The molecule has 0 fully saturated rings. The highest BCUT2D eigenvalue weighted by molar-refractivity contribution is 7.16. The first-order chi connectivity index (χ1) is 11.1. The highest BCUT2D eigenvalue weighted by Gasteiger charge is 2.06. The Morgan fingerprint density at radius 2 is 2.00 bits per heavy atom. The fraction of sp³-hybridized carbons (Fsp3) is 0.176. The van der Waals surface area contributed by atoms with Crippen LogP contribution >= 0.6 is 11.3 Å². The summed E-state index contributed by atoms with van der Waals surface area (Å²) in [5, 5.41) is 18.7. The maximum absolute atomic E-state index is 10.1. The minimum absolute atomic E-state index is 0.126. The van der Waals surface area contributed by atoms with Crippen molar-refractivity contribution in [1.29, 1.82) is 0 Å². The summed E-state index contributed by atoms with van der Waals surface area (Å²) < 4.78 is 8.25. The van der Waals surface area contributed by atoms with Crippen LogP contribution in [0.2, 0.25) is 0 Å². The van der Waals surface area contributed by atoms with Gasteiger partial charge in [0.1, 0.15) is 11.5 Å². The molecule has 23 heavy (non-hydrogen) atoms. The van der Waals surface area contributed by atoms with E-state index in [4.69, 9.17) is 4.74 Å². The van der Waals surface area contributed by atoms with Crippen LogP contribution in [0.25, 0.3) is 10.2 Å². The van der Waals surface area contributed by atoms with E-state index in [9.17, 15) is 5.11 Å². The number of hydrogen-bond acceptors (Lipinski definition) is 5. The van der Waals surface area contributed by atoms with Gasteiger partial charge in [0.2, 0.25) is 4.80 Å². The Kier molecular flexibility index (Phi) is 4.16. The monoisotopic (exact) mass is 327 g/mol. The standard InChI is InChI=1S/C17H17N3O2S/c1-11(13-9-8-12(22-3)10-15(13)21)18-19-17-20(2)14-6-4-5-7-16(14)23-17/h4-10,21H,1-3H3/b18-11+,19-17-. The molecule has 2 aromatic carbocycles. The van der Waals surface area contributed by atoms with E-state index < -0.39 is 0 Å². The van der Waals surface area contributed by atoms with Crippen molar-refractivity contribution < 1.29 is 9.84 Å². The van der Waals surface area contributed by atoms with Crippen LogP contribution in [0.4, 0.5) is 0 Å². The molecule has 0 saturated carbocycles. The fourth-order valence-corrected chi connectivity index (χ4v) is 3.26. The van der Waals surface area contributed by atoms with Crippen molar-refractivity contribution >= 4 is 27.3 Å². The predicted octanol–water partition coefficient (Wildman–Crippen LogP) is 3.28. The average Bonchev–Trinajstić information content (AvgIpc) is 2.89. The van der Waals surface area contributed by atoms with Gasteiger partial charge in [0.25, 0.3) is 0 Å². The summed E-state index contributed by atoms with van der Waals surface area (Å²) in [5.41, 5.74) is 2.40. The Morgan fingerprint density at radius 1 is 1.22 bits per heavy atom. The third-order valence-electron chi connectivity index (χ3n) is 3.60. The number of methoxy groups -OCH3 is 1. The van der Waals surface area contributed by atoms with Crippen molar-refractivity contribution in [3.63, 3.8) is 0 Å². The number of aromatic hydroxyl groups is 1. The van der Waals surface area contributed by atoms with Crippen LogP contribution in [-0.4, -0.2) is 22.5 Å². The van der Waals surface area contributed by atoms with Crippen molar-refractivity contribution in [1.82, 2.24) is 4.57 Å². The van der Waals surface area contributed by atoms with Crippen molar-refractivity contribution in [3.8, 4) is 11.5 Å². The zero-order chi connectivity index (χ0) is 16.4. The molecule has 6 heteroatoms. The molecule has 0 atom stereocenters. The Balaban J connectivity index is 2.01. The van der Waals surface area contributed by atoms with Gasteiger partial charge in [-0.1, -0.05) is 23.5 Å². The molecule has 3 rings (SSSR count). The lowest BCUT2D eigenvalue weighted by atomic mass is 10.1. The summed E-state index contributed by atoms with van der Waals surface area (Å²) in [6.07, 6.45) is 0. The van der Waals surface area contributed by atoms with E-state index in [2.05, 4.69) is 22.3 Å². The van der Waals surface area contributed by atoms with Gasteiger partial charge in [-0.25, -0.2) is 0 Å². The summed E-state index contributed by atoms with van der Waals surface area (Å²) in [5.74, 6) is 0.730. The Morgan fingerprint density at radius 3 is 2.70 bits per heavy atom. The second-order valence-electron chi connectivity index (χ2n) is 5.08. The van der Waals surface area contributed by atoms with Crippen LogP contribution in [0, 0.1) is 0 Å². The van der Waals surface area contributed by atoms with Crippen molar-refractivity contribution in [3.05, 3.63) is 52.8 Å². The number of thiazole rings is 1. The number of rotatable bonds is 3. The van der Waals surface area contributed by atoms with E-state index in [0.717, 1.165) is 15.0 Å². The van der Waals surface area contributed by atoms with Crippen LogP contribution in [0.3, 0.4) is 0 Å². The number of phenols is 1. The Hall–Kier alpha value is -2.60. The molecule has 118 valence electrons. The molecule has 0 saturated heterocycles. The zero-order valence-electron chi connectivity index (χ0n) is 13.1. The van der Waals surface area contributed by atoms with E-state index in [-0.39, 0.29) is 5.75 Å². The van der Waals surface area contributed by atoms with Gasteiger partial charge in [-0.2, -0.15) is 5.10 Å². The van der Waals surface area contributed by atoms with Gasteiger partial charge in [-0.05, 0) is 31.2 Å². The first-order valence-corrected chi connectivity index (χ1v) is 7.92. The van der Waals surface area contributed by atoms with Crippen LogP contribution < -0.4 is 9.54 Å². The third kappa shape index (κ3) is 2.98. The molecule has 3 aromatic rings. The van der Waals surface area contributed by atoms with E-state index in [1.165, 1.54) is 0 Å². The highest BCUT2D eigenvalue weighted by Crippen LogP contribution is 2.24. The largest absolute Gasteiger partial charge is 0.507 e. The van der Waals surface area contributed by atoms with Crippen LogP contribution in [0.5, 0.6) is 11.5 Å². The first kappa shape index (κ1) is 15.3. The van der Waals surface area contributed by atoms with Gasteiger partial charge >= 0.3 is 0 Å². The van der Waals surface area contributed by atoms with E-state index in [1.807, 2.05) is 30.7 Å². The van der Waals surface area contributed by atoms with Gasteiger partial charge in [0, 0.05) is 18.7 Å². The molecule has 0 aliphatic carbocycles. The first-order valence-electron chi connectivity index (χ1n) is 7.10. The van der Waals surface area contributed by atoms with Gasteiger partial charge in [-0.3, -0.25) is 0 Å². The average molecular weight is 327 g/mol. The lowest BCUT2D eigenvalue weighted by molar-refractivity contribution is 0.407. The number of aryl methyl sites for hydroxylation is 1. The molecule has 0 unspecified atom stereocenters. The van der Waals surface area contributed by atoms with E-state index in [1.54, 1.807) is 36.6 Å². The predicted molar refractivity (Wildman–Crippen MR) is 93.2 cm³/mol. The number of para-hydroxylation sites is 1. The minimum Gasteiger partial charge on any atom is -0.507 e. The zero-order valence-corrected chi connectivity index (χ0v) is 14.0. The van der Waals surface area contributed by atoms with Gasteiger partial charge in [0.05, 0.1) is 23.0 Å². The second-order valence-corrected chi connectivity index (χ2v) is 6.09. The number of benzene rings is 2. The third-order valence-corrected chi connectivity index (χ3v) is 4.70. The molecule has 0 spiro atoms. The highest BCUT2D eigenvalue weighted by atomic mass is 32.1. The molecule has 1 N–H and O–H groups in total. The number of aromatic nitrogens is 1. The molecular formula is C17H17N3O2S. The number of nitrogens with zero attached hydrogens (tertiary/aromatic N) is 3. The van der Waals surface area contributed by atoms with Crippen molar-refractivity contribution in [2.45, 2.75) is 6.92 Å². The van der Waals surface area contributed by atoms with Crippen LogP contribution in [-0.2, 0) is 7.05 Å². The summed E-state index contributed by atoms with van der Waals surface area (Å²) >= 11 is 1.58. The van der Waals surface area contributed by atoms with Gasteiger partial charge in [-0.15, -0.1) is 5.10 Å². The van der Waals surface area contributed by atoms with Gasteiger partial charge < -0.3 is 14.4 Å². The summed E-state index contributed by atoms with van der Waals surface area (Å²) in [6.45, 7) is 1.82. The molecule has 0 amide bonds. The Bertz CT molecular complexity index is 954. The van der Waals surface area contributed by atoms with E-state index in [0.29, 0.717) is 17.0 Å². The molecular weight excluding hydrogens is 310 g/mol. The maximum Gasteiger partial charge on any atom is 0.211 e. The number of hydrogen-bond donors (Lipinski definition) is 1. The molecule has 0 aliphatic rings.